The van der Waals surface area contributed by atoms with Gasteiger partial charge in [-0.05, 0) is 45.4 Å². The van der Waals surface area contributed by atoms with Gasteiger partial charge in [0.2, 0.25) is 0 Å². The normalized spacial score (nSPS) is 11.5. The van der Waals surface area contributed by atoms with Crippen molar-refractivity contribution in [3.8, 4) is 0 Å². The lowest BCUT2D eigenvalue weighted by Gasteiger charge is -2.31. The van der Waals surface area contributed by atoms with E-state index in [9.17, 15) is 9.18 Å². The largest absolute Gasteiger partial charge is 0.334 e. The molecule has 2 rings (SSSR count). The van der Waals surface area contributed by atoms with Crippen LogP contribution >= 0.6 is 0 Å². The van der Waals surface area contributed by atoms with Crippen molar-refractivity contribution in [1.29, 1.82) is 0 Å². The molecule has 2 aromatic rings. The molecule has 0 N–H and O–H groups in total. The highest BCUT2D eigenvalue weighted by molar-refractivity contribution is 5.99. The average Bonchev–Trinajstić information content (AvgIpc) is 2.53. The molecule has 0 aromatic heterocycles. The van der Waals surface area contributed by atoms with E-state index in [0.717, 1.165) is 5.56 Å². The molecule has 0 saturated heterocycles. The minimum absolute atomic E-state index is 0.00576. The molecule has 0 bridgehead atoms. The fourth-order valence-electron chi connectivity index (χ4n) is 2.83. The van der Waals surface area contributed by atoms with E-state index in [-0.39, 0.29) is 23.8 Å². The Morgan fingerprint density at radius 2 is 1.38 bits per heavy atom. The molecule has 126 valence electrons. The number of amides is 1. The Hall–Kier alpha value is -2.42. The summed E-state index contributed by atoms with van der Waals surface area (Å²) in [6, 6.07) is 14.2. The smallest absolute Gasteiger partial charge is 0.254 e. The SMILES string of the molecule is CC(C)N(C(=O)c1ccccc1/C=C/c1ccccc1F)C(C)C. The maximum Gasteiger partial charge on any atom is 0.254 e. The highest BCUT2D eigenvalue weighted by Crippen LogP contribution is 2.19. The molecular formula is C21H24FNO. The molecular weight excluding hydrogens is 301 g/mol. The molecule has 0 aliphatic carbocycles. The van der Waals surface area contributed by atoms with Gasteiger partial charge in [-0.3, -0.25) is 4.79 Å². The van der Waals surface area contributed by atoms with E-state index >= 15 is 0 Å². The Balaban J connectivity index is 2.37. The fraction of sp³-hybridized carbons (Fsp3) is 0.286. The lowest BCUT2D eigenvalue weighted by atomic mass is 10.0. The average molecular weight is 325 g/mol. The quantitative estimate of drug-likeness (QED) is 0.687. The molecule has 0 atom stereocenters. The van der Waals surface area contributed by atoms with Crippen LogP contribution in [-0.4, -0.2) is 22.9 Å². The van der Waals surface area contributed by atoms with Crippen LogP contribution in [0.25, 0.3) is 12.2 Å². The van der Waals surface area contributed by atoms with Crippen molar-refractivity contribution in [1.82, 2.24) is 4.90 Å². The van der Waals surface area contributed by atoms with E-state index in [0.29, 0.717) is 11.1 Å². The molecule has 2 nitrogen and oxygen atoms in total. The maximum absolute atomic E-state index is 13.8. The molecule has 0 aliphatic rings. The van der Waals surface area contributed by atoms with Crippen molar-refractivity contribution in [2.75, 3.05) is 0 Å². The number of hydrogen-bond donors (Lipinski definition) is 0. The number of carbonyl (C=O) groups is 1. The van der Waals surface area contributed by atoms with Gasteiger partial charge in [-0.2, -0.15) is 0 Å². The van der Waals surface area contributed by atoms with Crippen molar-refractivity contribution in [3.05, 3.63) is 71.0 Å². The molecule has 24 heavy (non-hydrogen) atoms. The summed E-state index contributed by atoms with van der Waals surface area (Å²) in [5.74, 6) is -0.280. The van der Waals surface area contributed by atoms with E-state index in [1.54, 1.807) is 30.4 Å². The van der Waals surface area contributed by atoms with Crippen LogP contribution in [0.3, 0.4) is 0 Å². The molecule has 0 spiro atoms. The molecule has 0 unspecified atom stereocenters. The van der Waals surface area contributed by atoms with E-state index < -0.39 is 0 Å². The summed E-state index contributed by atoms with van der Waals surface area (Å²) in [5.41, 5.74) is 1.92. The first kappa shape index (κ1) is 17.9. The van der Waals surface area contributed by atoms with E-state index in [1.165, 1.54) is 6.07 Å². The molecule has 1 amide bonds. The van der Waals surface area contributed by atoms with Crippen molar-refractivity contribution in [2.24, 2.45) is 0 Å². The van der Waals surface area contributed by atoms with Crippen LogP contribution < -0.4 is 0 Å². The number of benzene rings is 2. The Morgan fingerprint density at radius 1 is 0.875 bits per heavy atom. The number of carbonyl (C=O) groups excluding carboxylic acids is 1. The van der Waals surface area contributed by atoms with Gasteiger partial charge < -0.3 is 4.90 Å². The van der Waals surface area contributed by atoms with Gasteiger partial charge in [0.15, 0.2) is 0 Å². The molecule has 0 heterocycles. The van der Waals surface area contributed by atoms with Crippen LogP contribution in [0.2, 0.25) is 0 Å². The Kier molecular flexibility index (Phi) is 5.91. The van der Waals surface area contributed by atoms with Crippen LogP contribution in [-0.2, 0) is 0 Å². The minimum Gasteiger partial charge on any atom is -0.334 e. The Bertz CT molecular complexity index is 726. The zero-order valence-electron chi connectivity index (χ0n) is 14.7. The minimum atomic E-state index is -0.274. The van der Waals surface area contributed by atoms with Crippen LogP contribution in [0.15, 0.2) is 48.5 Å². The summed E-state index contributed by atoms with van der Waals surface area (Å²) in [4.78, 5) is 14.8. The zero-order chi connectivity index (χ0) is 17.7. The van der Waals surface area contributed by atoms with Gasteiger partial charge in [-0.15, -0.1) is 0 Å². The van der Waals surface area contributed by atoms with Crippen molar-refractivity contribution in [3.63, 3.8) is 0 Å². The van der Waals surface area contributed by atoms with Crippen molar-refractivity contribution in [2.45, 2.75) is 39.8 Å². The first-order valence-electron chi connectivity index (χ1n) is 8.26. The topological polar surface area (TPSA) is 20.3 Å². The van der Waals surface area contributed by atoms with Gasteiger partial charge in [0.25, 0.3) is 5.91 Å². The van der Waals surface area contributed by atoms with Crippen molar-refractivity contribution >= 4 is 18.1 Å². The van der Waals surface area contributed by atoms with Crippen molar-refractivity contribution < 1.29 is 9.18 Å². The summed E-state index contributed by atoms with van der Waals surface area (Å²) < 4.78 is 13.8. The number of nitrogens with zero attached hydrogens (tertiary/aromatic N) is 1. The van der Waals surface area contributed by atoms with E-state index in [1.807, 2.05) is 56.9 Å². The first-order chi connectivity index (χ1) is 11.4. The number of rotatable bonds is 5. The van der Waals surface area contributed by atoms with E-state index in [2.05, 4.69) is 0 Å². The molecule has 0 fully saturated rings. The van der Waals surface area contributed by atoms with Gasteiger partial charge in [0.1, 0.15) is 5.82 Å². The van der Waals surface area contributed by atoms with E-state index in [4.69, 9.17) is 0 Å². The maximum atomic E-state index is 13.8. The van der Waals surface area contributed by atoms with Gasteiger partial charge >= 0.3 is 0 Å². The highest BCUT2D eigenvalue weighted by atomic mass is 19.1. The van der Waals surface area contributed by atoms with Crippen LogP contribution in [0.1, 0.15) is 49.2 Å². The van der Waals surface area contributed by atoms with Crippen LogP contribution in [0.4, 0.5) is 4.39 Å². The summed E-state index contributed by atoms with van der Waals surface area (Å²) in [6.07, 6.45) is 3.50. The predicted octanol–water partition coefficient (Wildman–Crippen LogP) is 5.26. The molecule has 2 aromatic carbocycles. The summed E-state index contributed by atoms with van der Waals surface area (Å²) in [6.45, 7) is 8.04. The lowest BCUT2D eigenvalue weighted by Crippen LogP contribution is -2.42. The second-order valence-corrected chi connectivity index (χ2v) is 6.34. The summed E-state index contributed by atoms with van der Waals surface area (Å²) >= 11 is 0. The predicted molar refractivity (Wildman–Crippen MR) is 98.2 cm³/mol. The second-order valence-electron chi connectivity index (χ2n) is 6.34. The number of halogens is 1. The third-order valence-electron chi connectivity index (χ3n) is 3.89. The lowest BCUT2D eigenvalue weighted by molar-refractivity contribution is 0.0643. The van der Waals surface area contributed by atoms with Gasteiger partial charge in [0.05, 0.1) is 0 Å². The standard InChI is InChI=1S/C21H24FNO/c1-15(2)23(16(3)4)21(24)19-11-7-5-9-17(19)13-14-18-10-6-8-12-20(18)22/h5-16H,1-4H3/b14-13+. The summed E-state index contributed by atoms with van der Waals surface area (Å²) in [5, 5.41) is 0. The monoisotopic (exact) mass is 325 g/mol. The zero-order valence-corrected chi connectivity index (χ0v) is 14.7. The third kappa shape index (κ3) is 4.10. The van der Waals surface area contributed by atoms with Gasteiger partial charge in [-0.25, -0.2) is 4.39 Å². The number of hydrogen-bond acceptors (Lipinski definition) is 1. The fourth-order valence-corrected chi connectivity index (χ4v) is 2.83. The second kappa shape index (κ2) is 7.91. The van der Waals surface area contributed by atoms with Gasteiger partial charge in [0, 0.05) is 23.2 Å². The van der Waals surface area contributed by atoms with Gasteiger partial charge in [-0.1, -0.05) is 48.6 Å². The third-order valence-corrected chi connectivity index (χ3v) is 3.89. The first-order valence-corrected chi connectivity index (χ1v) is 8.26. The molecule has 0 radical (unpaired) electrons. The molecule has 3 heteroatoms. The Morgan fingerprint density at radius 3 is 1.96 bits per heavy atom. The Labute approximate surface area is 143 Å². The summed E-state index contributed by atoms with van der Waals surface area (Å²) in [7, 11) is 0. The highest BCUT2D eigenvalue weighted by Gasteiger charge is 2.22. The van der Waals surface area contributed by atoms with Crippen LogP contribution in [0, 0.1) is 5.82 Å². The molecule has 0 aliphatic heterocycles. The molecule has 0 saturated carbocycles. The van der Waals surface area contributed by atoms with Crippen LogP contribution in [0.5, 0.6) is 0 Å².